The van der Waals surface area contributed by atoms with Crippen LogP contribution in [0.25, 0.3) is 10.4 Å². The highest BCUT2D eigenvalue weighted by Gasteiger charge is 2.20. The Kier molecular flexibility index (Phi) is 3.18. The molecule has 0 spiro atoms. The molecule has 1 aliphatic rings. The number of fused-ring (bicyclic) bond motifs is 3. The molecule has 2 aromatic rings. The molecule has 0 fully saturated rings. The Morgan fingerprint density at radius 1 is 1.15 bits per heavy atom. The van der Waals surface area contributed by atoms with Crippen LogP contribution in [0.15, 0.2) is 24.3 Å². The molecule has 1 aromatic heterocycles. The molecule has 0 radical (unpaired) electrons. The van der Waals surface area contributed by atoms with Crippen molar-refractivity contribution in [3.8, 4) is 16.2 Å². The van der Waals surface area contributed by atoms with E-state index in [2.05, 4.69) is 0 Å². The monoisotopic (exact) mass is 286 g/mol. The standard InChI is InChI=1S/C16H14O3S/c1-9(17)11-3-4-13-14(7-11)19-6-5-12-8-15(10(2)18)20-16(12)13/h3-4,7-8H,5-6H2,1-2H3. The lowest BCUT2D eigenvalue weighted by atomic mass is 10.0. The van der Waals surface area contributed by atoms with Gasteiger partial charge in [0.1, 0.15) is 5.75 Å². The molecule has 102 valence electrons. The Morgan fingerprint density at radius 3 is 2.65 bits per heavy atom. The van der Waals surface area contributed by atoms with E-state index in [0.29, 0.717) is 12.2 Å². The van der Waals surface area contributed by atoms with E-state index in [1.807, 2.05) is 18.2 Å². The van der Waals surface area contributed by atoms with Crippen molar-refractivity contribution in [1.82, 2.24) is 0 Å². The van der Waals surface area contributed by atoms with Gasteiger partial charge in [-0.1, -0.05) is 6.07 Å². The van der Waals surface area contributed by atoms with Gasteiger partial charge in [-0.05, 0) is 37.6 Å². The smallest absolute Gasteiger partial charge is 0.169 e. The number of benzene rings is 1. The van der Waals surface area contributed by atoms with Crippen LogP contribution in [0.1, 0.15) is 39.4 Å². The van der Waals surface area contributed by atoms with Crippen molar-refractivity contribution in [1.29, 1.82) is 0 Å². The maximum absolute atomic E-state index is 11.5. The molecule has 0 aliphatic carbocycles. The van der Waals surface area contributed by atoms with Crippen LogP contribution < -0.4 is 4.74 Å². The Morgan fingerprint density at radius 2 is 1.95 bits per heavy atom. The molecule has 2 heterocycles. The van der Waals surface area contributed by atoms with Crippen LogP contribution in [0, 0.1) is 0 Å². The normalized spacial score (nSPS) is 12.9. The molecule has 1 aromatic carbocycles. The third kappa shape index (κ3) is 2.16. The molecule has 1 aliphatic heterocycles. The minimum atomic E-state index is 0.0245. The molecular weight excluding hydrogens is 272 g/mol. The van der Waals surface area contributed by atoms with E-state index in [1.165, 1.54) is 11.3 Å². The molecule has 0 unspecified atom stereocenters. The molecule has 4 heteroatoms. The summed E-state index contributed by atoms with van der Waals surface area (Å²) in [6.07, 6.45) is 0.781. The number of hydrogen-bond acceptors (Lipinski definition) is 4. The fourth-order valence-corrected chi connectivity index (χ4v) is 3.47. The van der Waals surface area contributed by atoms with Crippen molar-refractivity contribution < 1.29 is 14.3 Å². The molecule has 0 atom stereocenters. The average molecular weight is 286 g/mol. The molecule has 3 rings (SSSR count). The highest BCUT2D eigenvalue weighted by Crippen LogP contribution is 2.41. The van der Waals surface area contributed by atoms with Crippen LogP contribution in [0.5, 0.6) is 5.75 Å². The van der Waals surface area contributed by atoms with Crippen molar-refractivity contribution in [2.24, 2.45) is 0 Å². The van der Waals surface area contributed by atoms with Gasteiger partial charge in [0.25, 0.3) is 0 Å². The number of rotatable bonds is 2. The summed E-state index contributed by atoms with van der Waals surface area (Å²) < 4.78 is 5.75. The highest BCUT2D eigenvalue weighted by atomic mass is 32.1. The number of carbonyl (C=O) groups is 2. The van der Waals surface area contributed by atoms with E-state index in [-0.39, 0.29) is 11.6 Å². The SMILES string of the molecule is CC(=O)c1ccc2c(c1)OCCc1cc(C(C)=O)sc1-2. The number of Topliss-reactive ketones (excluding diaryl/α,β-unsaturated/α-hetero) is 2. The minimum absolute atomic E-state index is 0.0245. The summed E-state index contributed by atoms with van der Waals surface area (Å²) in [6, 6.07) is 7.48. The first-order valence-corrected chi connectivity index (χ1v) is 7.29. The van der Waals surface area contributed by atoms with Crippen molar-refractivity contribution in [2.45, 2.75) is 20.3 Å². The summed E-state index contributed by atoms with van der Waals surface area (Å²) in [4.78, 5) is 24.9. The Bertz CT molecular complexity index is 713. The number of thiophene rings is 1. The highest BCUT2D eigenvalue weighted by molar-refractivity contribution is 7.17. The van der Waals surface area contributed by atoms with Crippen LogP contribution in [0.4, 0.5) is 0 Å². The van der Waals surface area contributed by atoms with Gasteiger partial charge in [-0.25, -0.2) is 0 Å². The molecule has 0 saturated carbocycles. The van der Waals surface area contributed by atoms with E-state index in [0.717, 1.165) is 33.1 Å². The van der Waals surface area contributed by atoms with Gasteiger partial charge >= 0.3 is 0 Å². The summed E-state index contributed by atoms with van der Waals surface area (Å²) >= 11 is 1.50. The lowest BCUT2D eigenvalue weighted by Crippen LogP contribution is -2.00. The molecule has 0 amide bonds. The molecule has 0 saturated heterocycles. The fraction of sp³-hybridized carbons (Fsp3) is 0.250. The van der Waals surface area contributed by atoms with E-state index in [1.54, 1.807) is 19.9 Å². The number of hydrogen-bond donors (Lipinski definition) is 0. The molecule has 0 N–H and O–H groups in total. The van der Waals surface area contributed by atoms with E-state index in [9.17, 15) is 9.59 Å². The molecule has 20 heavy (non-hydrogen) atoms. The largest absolute Gasteiger partial charge is 0.493 e. The minimum Gasteiger partial charge on any atom is -0.493 e. The fourth-order valence-electron chi connectivity index (χ4n) is 2.34. The molecular formula is C16H14O3S. The lowest BCUT2D eigenvalue weighted by molar-refractivity contribution is 0.101. The predicted octanol–water partition coefficient (Wildman–Crippen LogP) is 3.76. The van der Waals surface area contributed by atoms with Gasteiger partial charge in [0, 0.05) is 22.4 Å². The molecule has 3 nitrogen and oxygen atoms in total. The maximum Gasteiger partial charge on any atom is 0.169 e. The molecule has 0 bridgehead atoms. The predicted molar refractivity (Wildman–Crippen MR) is 79.0 cm³/mol. The first-order valence-electron chi connectivity index (χ1n) is 6.48. The van der Waals surface area contributed by atoms with Gasteiger partial charge in [-0.15, -0.1) is 11.3 Å². The summed E-state index contributed by atoms with van der Waals surface area (Å²) in [5.41, 5.74) is 2.77. The van der Waals surface area contributed by atoms with Crippen molar-refractivity contribution in [3.63, 3.8) is 0 Å². The second kappa shape index (κ2) is 4.87. The van der Waals surface area contributed by atoms with E-state index >= 15 is 0 Å². The van der Waals surface area contributed by atoms with Crippen LogP contribution >= 0.6 is 11.3 Å². The van der Waals surface area contributed by atoms with Crippen LogP contribution in [-0.4, -0.2) is 18.2 Å². The zero-order valence-corrected chi connectivity index (χ0v) is 12.2. The van der Waals surface area contributed by atoms with Crippen molar-refractivity contribution in [3.05, 3.63) is 40.3 Å². The van der Waals surface area contributed by atoms with Crippen LogP contribution in [0.3, 0.4) is 0 Å². The van der Waals surface area contributed by atoms with Gasteiger partial charge < -0.3 is 4.74 Å². The van der Waals surface area contributed by atoms with Crippen LogP contribution in [0.2, 0.25) is 0 Å². The van der Waals surface area contributed by atoms with Crippen LogP contribution in [-0.2, 0) is 6.42 Å². The summed E-state index contributed by atoms with van der Waals surface area (Å²) in [6.45, 7) is 3.69. The topological polar surface area (TPSA) is 43.4 Å². The van der Waals surface area contributed by atoms with Crippen molar-refractivity contribution >= 4 is 22.9 Å². The summed E-state index contributed by atoms with van der Waals surface area (Å²) in [5.74, 6) is 0.843. The average Bonchev–Trinajstić information content (AvgIpc) is 2.76. The quantitative estimate of drug-likeness (QED) is 0.790. The lowest BCUT2D eigenvalue weighted by Gasteiger charge is -2.08. The third-order valence-corrected chi connectivity index (χ3v) is 4.73. The zero-order chi connectivity index (χ0) is 14.3. The number of ether oxygens (including phenoxy) is 1. The van der Waals surface area contributed by atoms with Gasteiger partial charge in [0.2, 0.25) is 0 Å². The Balaban J connectivity index is 2.16. The summed E-state index contributed by atoms with van der Waals surface area (Å²) in [7, 11) is 0. The van der Waals surface area contributed by atoms with Gasteiger partial charge in [-0.3, -0.25) is 9.59 Å². The number of ketones is 2. The van der Waals surface area contributed by atoms with E-state index < -0.39 is 0 Å². The van der Waals surface area contributed by atoms with Gasteiger partial charge in [0.05, 0.1) is 11.5 Å². The number of carbonyl (C=O) groups excluding carboxylic acids is 2. The zero-order valence-electron chi connectivity index (χ0n) is 11.4. The Hall–Kier alpha value is -1.94. The van der Waals surface area contributed by atoms with E-state index in [4.69, 9.17) is 4.74 Å². The second-order valence-electron chi connectivity index (χ2n) is 4.89. The second-order valence-corrected chi connectivity index (χ2v) is 5.94. The van der Waals surface area contributed by atoms with Gasteiger partial charge in [0.15, 0.2) is 11.6 Å². The first-order chi connectivity index (χ1) is 9.56. The van der Waals surface area contributed by atoms with Gasteiger partial charge in [-0.2, -0.15) is 0 Å². The Labute approximate surface area is 121 Å². The third-order valence-electron chi connectivity index (χ3n) is 3.42. The maximum atomic E-state index is 11.5. The van der Waals surface area contributed by atoms with Crippen molar-refractivity contribution in [2.75, 3.05) is 6.61 Å². The summed E-state index contributed by atoms with van der Waals surface area (Å²) in [5, 5.41) is 0. The first kappa shape index (κ1) is 13.1.